The molecule has 0 saturated carbocycles. The lowest BCUT2D eigenvalue weighted by Gasteiger charge is -2.42. The molecule has 4 N–H and O–H groups in total. The van der Waals surface area contributed by atoms with Crippen LogP contribution in [0.3, 0.4) is 0 Å². The highest BCUT2D eigenvalue weighted by molar-refractivity contribution is 5.90. The molecule has 0 spiro atoms. The van der Waals surface area contributed by atoms with Gasteiger partial charge in [-0.3, -0.25) is 4.79 Å². The predicted molar refractivity (Wildman–Crippen MR) is 191 cm³/mol. The second-order valence-corrected chi connectivity index (χ2v) is 14.3. The number of hydrogen-bond acceptors (Lipinski definition) is 9. The van der Waals surface area contributed by atoms with Crippen molar-refractivity contribution in [1.82, 2.24) is 0 Å². The fraction of sp³-hybridized carbons (Fsp3) is 0.590. The number of carbonyl (C=O) groups is 1. The summed E-state index contributed by atoms with van der Waals surface area (Å²) in [7, 11) is 1.61. The average molecular weight is 664 g/mol. The van der Waals surface area contributed by atoms with Crippen LogP contribution in [0.25, 0.3) is 11.6 Å². The van der Waals surface area contributed by atoms with E-state index >= 15 is 0 Å². The van der Waals surface area contributed by atoms with Crippen molar-refractivity contribution in [2.75, 3.05) is 33.5 Å². The van der Waals surface area contributed by atoms with E-state index in [1.807, 2.05) is 77.1 Å². The smallest absolute Gasteiger partial charge is 0.313 e. The summed E-state index contributed by atoms with van der Waals surface area (Å²) >= 11 is 0. The van der Waals surface area contributed by atoms with Gasteiger partial charge in [0.25, 0.3) is 0 Å². The quantitative estimate of drug-likeness (QED) is 0.0628. The highest BCUT2D eigenvalue weighted by Crippen LogP contribution is 2.38. The van der Waals surface area contributed by atoms with Crippen molar-refractivity contribution >= 4 is 17.6 Å². The molecule has 9 nitrogen and oxygen atoms in total. The Labute approximate surface area is 287 Å². The van der Waals surface area contributed by atoms with Crippen LogP contribution >= 0.6 is 0 Å². The maximum absolute atomic E-state index is 12.9. The minimum atomic E-state index is -0.845. The molecule has 2 aromatic rings. The van der Waals surface area contributed by atoms with Crippen molar-refractivity contribution in [2.24, 2.45) is 16.9 Å². The van der Waals surface area contributed by atoms with E-state index < -0.39 is 16.5 Å². The standard InChI is InChI=1S/C39H57N3O6/c1-37(2,41)28-39(5,38(3,4)42)36(43)48-21-15-13-11-9-7-8-10-12-14-20-45-32-19-17-30(26-34(32)44-6)31(27-40)24-29-16-18-33-35(25-29)47-23-22-46-33/h16-19,24-26H,7-15,20-23,28,41-42H2,1-6H3. The first kappa shape index (κ1) is 38.7. The van der Waals surface area contributed by atoms with Gasteiger partial charge in [0.15, 0.2) is 23.0 Å². The third-order valence-electron chi connectivity index (χ3n) is 8.93. The molecule has 1 atom stereocenters. The largest absolute Gasteiger partial charge is 0.493 e. The third-order valence-corrected chi connectivity index (χ3v) is 8.93. The first-order chi connectivity index (χ1) is 22.8. The van der Waals surface area contributed by atoms with Gasteiger partial charge in [-0.15, -0.1) is 0 Å². The van der Waals surface area contributed by atoms with Crippen LogP contribution in [-0.4, -0.2) is 50.6 Å². The van der Waals surface area contributed by atoms with E-state index in [4.69, 9.17) is 35.2 Å². The average Bonchev–Trinajstić information content (AvgIpc) is 3.04. The second kappa shape index (κ2) is 18.1. The molecule has 0 bridgehead atoms. The molecule has 1 aliphatic heterocycles. The molecule has 0 amide bonds. The third kappa shape index (κ3) is 11.7. The van der Waals surface area contributed by atoms with Gasteiger partial charge < -0.3 is 35.2 Å². The van der Waals surface area contributed by atoms with Crippen LogP contribution in [0.1, 0.15) is 110 Å². The van der Waals surface area contributed by atoms with Crippen molar-refractivity contribution in [3.8, 4) is 29.1 Å². The number of nitriles is 1. The minimum absolute atomic E-state index is 0.262. The van der Waals surface area contributed by atoms with Gasteiger partial charge >= 0.3 is 5.97 Å². The van der Waals surface area contributed by atoms with Crippen LogP contribution in [0.15, 0.2) is 36.4 Å². The van der Waals surface area contributed by atoms with Crippen LogP contribution in [0.2, 0.25) is 0 Å². The lowest BCUT2D eigenvalue weighted by atomic mass is 9.67. The topological polar surface area (TPSA) is 139 Å². The molecule has 2 aromatic carbocycles. The molecule has 0 aliphatic carbocycles. The molecule has 0 radical (unpaired) electrons. The van der Waals surface area contributed by atoms with E-state index in [0.29, 0.717) is 61.4 Å². The van der Waals surface area contributed by atoms with E-state index in [2.05, 4.69) is 6.07 Å². The molecule has 9 heteroatoms. The maximum Gasteiger partial charge on any atom is 0.313 e. The van der Waals surface area contributed by atoms with Gasteiger partial charge in [-0.25, -0.2) is 0 Å². The van der Waals surface area contributed by atoms with Crippen LogP contribution < -0.4 is 30.4 Å². The number of hydrogen-bond donors (Lipinski definition) is 2. The SMILES string of the molecule is COc1cc(C(C#N)=Cc2ccc3c(c2)OCCO3)ccc1OCCCCCCCCCCCOC(=O)C(C)(CC(C)(C)N)C(C)(C)N. The van der Waals surface area contributed by atoms with Crippen molar-refractivity contribution in [1.29, 1.82) is 5.26 Å². The molecule has 0 fully saturated rings. The van der Waals surface area contributed by atoms with Crippen molar-refractivity contribution < 1.29 is 28.5 Å². The zero-order valence-corrected chi connectivity index (χ0v) is 30.0. The molecule has 264 valence electrons. The Morgan fingerprint density at radius 3 is 2.02 bits per heavy atom. The van der Waals surface area contributed by atoms with E-state index in [9.17, 15) is 10.1 Å². The van der Waals surface area contributed by atoms with Crippen LogP contribution in [0.5, 0.6) is 23.0 Å². The van der Waals surface area contributed by atoms with Crippen molar-refractivity contribution in [2.45, 2.75) is 110 Å². The normalized spacial score (nSPS) is 14.5. The van der Waals surface area contributed by atoms with Gasteiger partial charge in [-0.2, -0.15) is 5.26 Å². The van der Waals surface area contributed by atoms with E-state index in [0.717, 1.165) is 49.7 Å². The fourth-order valence-electron chi connectivity index (χ4n) is 5.87. The molecule has 1 unspecified atom stereocenters. The second-order valence-electron chi connectivity index (χ2n) is 14.3. The number of fused-ring (bicyclic) bond motifs is 1. The first-order valence-electron chi connectivity index (χ1n) is 17.3. The van der Waals surface area contributed by atoms with Gasteiger partial charge in [0.05, 0.1) is 37.4 Å². The number of ether oxygens (including phenoxy) is 5. The van der Waals surface area contributed by atoms with Gasteiger partial charge in [0.1, 0.15) is 13.2 Å². The molecular formula is C39H57N3O6. The van der Waals surface area contributed by atoms with E-state index in [-0.39, 0.29) is 5.97 Å². The van der Waals surface area contributed by atoms with Gasteiger partial charge in [0.2, 0.25) is 0 Å². The van der Waals surface area contributed by atoms with Crippen LogP contribution in [0.4, 0.5) is 0 Å². The number of nitrogens with zero attached hydrogens (tertiary/aromatic N) is 1. The Kier molecular flexibility index (Phi) is 14.6. The lowest BCUT2D eigenvalue weighted by molar-refractivity contribution is -0.160. The number of rotatable bonds is 20. The highest BCUT2D eigenvalue weighted by atomic mass is 16.6. The Hall–Kier alpha value is -3.74. The molecule has 1 heterocycles. The Morgan fingerprint density at radius 2 is 1.44 bits per heavy atom. The summed E-state index contributed by atoms with van der Waals surface area (Å²) in [5.74, 6) is 2.41. The molecule has 0 aromatic heterocycles. The predicted octanol–water partition coefficient (Wildman–Crippen LogP) is 7.83. The zero-order valence-electron chi connectivity index (χ0n) is 30.0. The summed E-state index contributed by atoms with van der Waals surface area (Å²) in [5, 5.41) is 9.86. The van der Waals surface area contributed by atoms with Crippen molar-refractivity contribution in [3.63, 3.8) is 0 Å². The molecule has 0 saturated heterocycles. The number of nitrogens with two attached hydrogens (primary N) is 2. The summed E-state index contributed by atoms with van der Waals surface area (Å²) in [6, 6.07) is 13.5. The van der Waals surface area contributed by atoms with Gasteiger partial charge in [-0.1, -0.05) is 51.0 Å². The fourth-order valence-corrected chi connectivity index (χ4v) is 5.87. The summed E-state index contributed by atoms with van der Waals surface area (Å²) in [6.45, 7) is 11.5. The highest BCUT2D eigenvalue weighted by Gasteiger charge is 2.48. The van der Waals surface area contributed by atoms with Gasteiger partial charge in [-0.05, 0) is 101 Å². The lowest BCUT2D eigenvalue weighted by Crippen LogP contribution is -2.58. The van der Waals surface area contributed by atoms with Crippen LogP contribution in [0, 0.1) is 16.7 Å². The number of unbranched alkanes of at least 4 members (excludes halogenated alkanes) is 8. The van der Waals surface area contributed by atoms with E-state index in [1.54, 1.807) is 7.11 Å². The summed E-state index contributed by atoms with van der Waals surface area (Å²) in [5.41, 5.74) is 12.6. The first-order valence-corrected chi connectivity index (χ1v) is 17.3. The van der Waals surface area contributed by atoms with Gasteiger partial charge in [0, 0.05) is 11.1 Å². The van der Waals surface area contributed by atoms with Crippen LogP contribution in [-0.2, 0) is 9.53 Å². The number of methoxy groups -OCH3 is 1. The maximum atomic E-state index is 12.9. The Bertz CT molecular complexity index is 1400. The summed E-state index contributed by atoms with van der Waals surface area (Å²) in [4.78, 5) is 12.9. The number of carbonyl (C=O) groups excluding carboxylic acids is 1. The molecule has 48 heavy (non-hydrogen) atoms. The number of allylic oxidation sites excluding steroid dienone is 1. The number of esters is 1. The molecule has 1 aliphatic rings. The summed E-state index contributed by atoms with van der Waals surface area (Å²) in [6.07, 6.45) is 12.1. The minimum Gasteiger partial charge on any atom is -0.493 e. The van der Waals surface area contributed by atoms with Crippen molar-refractivity contribution in [3.05, 3.63) is 47.5 Å². The summed E-state index contributed by atoms with van der Waals surface area (Å²) < 4.78 is 28.5. The molecule has 3 rings (SSSR count). The zero-order chi connectivity index (χ0) is 35.2. The monoisotopic (exact) mass is 663 g/mol. The van der Waals surface area contributed by atoms with E-state index in [1.165, 1.54) is 19.3 Å². The Morgan fingerprint density at radius 1 is 0.833 bits per heavy atom. The number of benzene rings is 2. The molecular weight excluding hydrogens is 606 g/mol. The Balaban J connectivity index is 1.30.